The molecular formula is C15H13ClF3N3. The molecule has 22 heavy (non-hydrogen) atoms. The van der Waals surface area contributed by atoms with Gasteiger partial charge in [-0.05, 0) is 33.1 Å². The van der Waals surface area contributed by atoms with Crippen LogP contribution in [0.25, 0.3) is 11.0 Å². The summed E-state index contributed by atoms with van der Waals surface area (Å²) in [5, 5.41) is 0.255. The SMILES string of the molecule is Cc1nc2cc(Cl)nc([C@]34C[C@](C(F)(F)F)(C3)C4)c2nc1C. The van der Waals surface area contributed by atoms with Gasteiger partial charge in [0.2, 0.25) is 0 Å². The molecule has 2 heterocycles. The van der Waals surface area contributed by atoms with Gasteiger partial charge in [0.05, 0.1) is 28.0 Å². The van der Waals surface area contributed by atoms with Crippen molar-refractivity contribution in [3.05, 3.63) is 28.3 Å². The van der Waals surface area contributed by atoms with Gasteiger partial charge in [0.1, 0.15) is 10.7 Å². The zero-order valence-corrected chi connectivity index (χ0v) is 12.8. The van der Waals surface area contributed by atoms with E-state index in [2.05, 4.69) is 15.0 Å². The average molecular weight is 328 g/mol. The van der Waals surface area contributed by atoms with Crippen LogP contribution in [0.15, 0.2) is 6.07 Å². The molecule has 2 aromatic heterocycles. The van der Waals surface area contributed by atoms with Crippen LogP contribution in [0, 0.1) is 19.3 Å². The quantitative estimate of drug-likeness (QED) is 0.734. The van der Waals surface area contributed by atoms with Crippen LogP contribution in [0.1, 0.15) is 36.3 Å². The standard InChI is InChI=1S/C15H13ClF3N3/c1-7-8(2)21-11-9(20-7)3-10(16)22-12(11)13-4-14(5-13,6-13)15(17,18)19/h3H,4-6H2,1-2H3/t13-,14+. The molecule has 2 bridgehead atoms. The van der Waals surface area contributed by atoms with Gasteiger partial charge in [-0.15, -0.1) is 0 Å². The Morgan fingerprint density at radius 2 is 1.64 bits per heavy atom. The van der Waals surface area contributed by atoms with Crippen LogP contribution in [-0.2, 0) is 5.41 Å². The van der Waals surface area contributed by atoms with E-state index >= 15 is 0 Å². The lowest BCUT2D eigenvalue weighted by atomic mass is 9.34. The maximum atomic E-state index is 13.0. The molecule has 0 amide bonds. The Bertz CT molecular complexity index is 796. The molecule has 3 saturated carbocycles. The lowest BCUT2D eigenvalue weighted by Gasteiger charge is -2.70. The Balaban J connectivity index is 1.83. The molecule has 7 heteroatoms. The maximum absolute atomic E-state index is 13.0. The lowest BCUT2D eigenvalue weighted by molar-refractivity contribution is -0.337. The van der Waals surface area contributed by atoms with Crippen molar-refractivity contribution < 1.29 is 13.2 Å². The van der Waals surface area contributed by atoms with Crippen molar-refractivity contribution in [1.82, 2.24) is 15.0 Å². The number of alkyl halides is 3. The monoisotopic (exact) mass is 327 g/mol. The van der Waals surface area contributed by atoms with E-state index in [0.717, 1.165) is 11.4 Å². The molecule has 0 aromatic carbocycles. The summed E-state index contributed by atoms with van der Waals surface area (Å²) in [5.41, 5.74) is 1.26. The molecule has 2 aromatic rings. The van der Waals surface area contributed by atoms with E-state index in [1.54, 1.807) is 6.07 Å². The van der Waals surface area contributed by atoms with Crippen LogP contribution in [0.2, 0.25) is 5.15 Å². The third-order valence-corrected chi connectivity index (χ3v) is 5.36. The van der Waals surface area contributed by atoms with E-state index in [1.165, 1.54) is 0 Å². The van der Waals surface area contributed by atoms with Crippen molar-refractivity contribution in [2.24, 2.45) is 5.41 Å². The number of hydrogen-bond acceptors (Lipinski definition) is 3. The van der Waals surface area contributed by atoms with Crippen LogP contribution in [0.3, 0.4) is 0 Å². The highest BCUT2D eigenvalue weighted by Gasteiger charge is 2.79. The van der Waals surface area contributed by atoms with Gasteiger partial charge in [-0.3, -0.25) is 0 Å². The molecule has 3 nitrogen and oxygen atoms in total. The summed E-state index contributed by atoms with van der Waals surface area (Å²) in [6.07, 6.45) is -3.89. The van der Waals surface area contributed by atoms with E-state index in [-0.39, 0.29) is 24.4 Å². The predicted octanol–water partition coefficient (Wildman–Crippen LogP) is 4.28. The highest BCUT2D eigenvalue weighted by molar-refractivity contribution is 6.30. The van der Waals surface area contributed by atoms with Crippen LogP contribution in [-0.4, -0.2) is 21.1 Å². The largest absolute Gasteiger partial charge is 0.394 e. The molecule has 0 saturated heterocycles. The molecule has 3 fully saturated rings. The van der Waals surface area contributed by atoms with Gasteiger partial charge >= 0.3 is 6.18 Å². The van der Waals surface area contributed by atoms with Crippen molar-refractivity contribution >= 4 is 22.6 Å². The van der Waals surface area contributed by atoms with Crippen LogP contribution < -0.4 is 0 Å². The minimum absolute atomic E-state index is 0.0839. The normalized spacial score (nSPS) is 30.1. The number of rotatable bonds is 1. The van der Waals surface area contributed by atoms with Crippen molar-refractivity contribution in [1.29, 1.82) is 0 Å². The fraction of sp³-hybridized carbons (Fsp3) is 0.533. The van der Waals surface area contributed by atoms with E-state index in [4.69, 9.17) is 11.6 Å². The van der Waals surface area contributed by atoms with Gasteiger partial charge in [-0.1, -0.05) is 11.6 Å². The first kappa shape index (κ1) is 14.2. The summed E-state index contributed by atoms with van der Waals surface area (Å²) < 4.78 is 39.1. The lowest BCUT2D eigenvalue weighted by Crippen LogP contribution is -2.70. The molecule has 0 spiro atoms. The van der Waals surface area contributed by atoms with E-state index in [1.807, 2.05) is 13.8 Å². The first-order valence-corrected chi connectivity index (χ1v) is 7.42. The predicted molar refractivity (Wildman–Crippen MR) is 75.8 cm³/mol. The third-order valence-electron chi connectivity index (χ3n) is 5.17. The second kappa shape index (κ2) is 3.91. The van der Waals surface area contributed by atoms with E-state index < -0.39 is 17.0 Å². The zero-order chi connectivity index (χ0) is 15.9. The smallest absolute Gasteiger partial charge is 0.249 e. The topological polar surface area (TPSA) is 38.7 Å². The molecular weight excluding hydrogens is 315 g/mol. The number of aromatic nitrogens is 3. The van der Waals surface area contributed by atoms with Crippen molar-refractivity contribution in [3.8, 4) is 0 Å². The van der Waals surface area contributed by atoms with Crippen LogP contribution in [0.4, 0.5) is 13.2 Å². The number of hydrogen-bond donors (Lipinski definition) is 0. The number of fused-ring (bicyclic) bond motifs is 1. The Kier molecular flexibility index (Phi) is 2.52. The molecule has 0 N–H and O–H groups in total. The fourth-order valence-corrected chi connectivity index (χ4v) is 4.10. The summed E-state index contributed by atoms with van der Waals surface area (Å²) >= 11 is 6.04. The molecule has 0 radical (unpaired) electrons. The average Bonchev–Trinajstić information content (AvgIpc) is 2.26. The molecule has 3 aliphatic carbocycles. The Hall–Kier alpha value is -1.43. The maximum Gasteiger partial charge on any atom is 0.394 e. The summed E-state index contributed by atoms with van der Waals surface area (Å²) in [5.74, 6) is 0. The highest BCUT2D eigenvalue weighted by atomic mass is 35.5. The minimum Gasteiger partial charge on any atom is -0.249 e. The van der Waals surface area contributed by atoms with Gasteiger partial charge in [0, 0.05) is 11.5 Å². The van der Waals surface area contributed by atoms with Crippen molar-refractivity contribution in [2.75, 3.05) is 0 Å². The van der Waals surface area contributed by atoms with Crippen LogP contribution >= 0.6 is 11.6 Å². The summed E-state index contributed by atoms with van der Waals surface area (Å²) in [6.45, 7) is 3.68. The number of pyridine rings is 1. The first-order chi connectivity index (χ1) is 10.2. The number of halogens is 4. The second-order valence-corrected chi connectivity index (χ2v) is 7.03. The van der Waals surface area contributed by atoms with Crippen LogP contribution in [0.5, 0.6) is 0 Å². The van der Waals surface area contributed by atoms with E-state index in [9.17, 15) is 13.2 Å². The number of nitrogens with zero attached hydrogens (tertiary/aromatic N) is 3. The molecule has 0 unspecified atom stereocenters. The molecule has 3 aliphatic rings. The van der Waals surface area contributed by atoms with Gasteiger partial charge < -0.3 is 0 Å². The molecule has 0 atom stereocenters. The number of aryl methyl sites for hydroxylation is 2. The van der Waals surface area contributed by atoms with Gasteiger partial charge in [0.25, 0.3) is 0 Å². The van der Waals surface area contributed by atoms with Gasteiger partial charge in [-0.25, -0.2) is 15.0 Å². The Labute approximate surface area is 129 Å². The Morgan fingerprint density at radius 3 is 2.23 bits per heavy atom. The minimum atomic E-state index is -4.14. The Morgan fingerprint density at radius 1 is 1.05 bits per heavy atom. The summed E-state index contributed by atoms with van der Waals surface area (Å²) in [4.78, 5) is 13.3. The summed E-state index contributed by atoms with van der Waals surface area (Å²) in [6, 6.07) is 1.62. The van der Waals surface area contributed by atoms with E-state index in [0.29, 0.717) is 16.7 Å². The summed E-state index contributed by atoms with van der Waals surface area (Å²) in [7, 11) is 0. The van der Waals surface area contributed by atoms with Gasteiger partial charge in [-0.2, -0.15) is 13.2 Å². The fourth-order valence-electron chi connectivity index (χ4n) is 3.91. The second-order valence-electron chi connectivity index (χ2n) is 6.64. The molecule has 0 aliphatic heterocycles. The van der Waals surface area contributed by atoms with Crippen molar-refractivity contribution in [2.45, 2.75) is 44.7 Å². The van der Waals surface area contributed by atoms with Gasteiger partial charge in [0.15, 0.2) is 0 Å². The molecule has 5 rings (SSSR count). The molecule has 116 valence electrons. The van der Waals surface area contributed by atoms with Crippen molar-refractivity contribution in [3.63, 3.8) is 0 Å². The zero-order valence-electron chi connectivity index (χ0n) is 12.1. The third kappa shape index (κ3) is 1.62. The highest BCUT2D eigenvalue weighted by Crippen LogP contribution is 2.78. The first-order valence-electron chi connectivity index (χ1n) is 7.05.